The quantitative estimate of drug-likeness (QED) is 0.421. The number of H-pyrrole nitrogens is 1. The fourth-order valence-electron chi connectivity index (χ4n) is 4.04. The first kappa shape index (κ1) is 19.6. The molecule has 0 amide bonds. The lowest BCUT2D eigenvalue weighted by atomic mass is 10.1. The van der Waals surface area contributed by atoms with Gasteiger partial charge in [-0.3, -0.25) is 9.78 Å². The highest BCUT2D eigenvalue weighted by Gasteiger charge is 2.16. The Morgan fingerprint density at radius 1 is 1.06 bits per heavy atom. The Morgan fingerprint density at radius 2 is 1.91 bits per heavy atom. The normalized spacial score (nSPS) is 11.3. The van der Waals surface area contributed by atoms with Gasteiger partial charge >= 0.3 is 0 Å². The van der Waals surface area contributed by atoms with Crippen LogP contribution in [0.1, 0.15) is 11.1 Å². The van der Waals surface area contributed by atoms with Crippen molar-refractivity contribution < 1.29 is 4.39 Å². The summed E-state index contributed by atoms with van der Waals surface area (Å²) < 4.78 is 18.4. The van der Waals surface area contributed by atoms with Gasteiger partial charge in [0.05, 0.1) is 40.6 Å². The maximum absolute atomic E-state index is 15.1. The Labute approximate surface area is 191 Å². The molecule has 0 atom stereocenters. The van der Waals surface area contributed by atoms with Crippen molar-refractivity contribution >= 4 is 27.8 Å². The van der Waals surface area contributed by atoms with Crippen LogP contribution in [-0.4, -0.2) is 35.0 Å². The minimum absolute atomic E-state index is 0.172. The molecule has 0 aliphatic rings. The van der Waals surface area contributed by atoms with Gasteiger partial charge in [0.25, 0.3) is 0 Å². The van der Waals surface area contributed by atoms with E-state index >= 15 is 4.39 Å². The number of nitrogens with one attached hydrogen (secondary N) is 1. The largest absolute Gasteiger partial charge is 0.382 e. The average Bonchev–Trinajstić information content (AvgIpc) is 3.58. The summed E-state index contributed by atoms with van der Waals surface area (Å²) in [7, 11) is 0. The Morgan fingerprint density at radius 3 is 2.74 bits per heavy atom. The van der Waals surface area contributed by atoms with Crippen LogP contribution < -0.4 is 5.73 Å². The lowest BCUT2D eigenvalue weighted by molar-refractivity contribution is 0.635. The van der Waals surface area contributed by atoms with Crippen LogP contribution in [0.4, 0.5) is 10.2 Å². The van der Waals surface area contributed by atoms with Crippen molar-refractivity contribution in [1.82, 2.24) is 35.0 Å². The highest BCUT2D eigenvalue weighted by atomic mass is 19.1. The molecule has 0 radical (unpaired) electrons. The first-order chi connectivity index (χ1) is 16.6. The molecule has 34 heavy (non-hydrogen) atoms. The predicted octanol–water partition coefficient (Wildman–Crippen LogP) is 3.80. The van der Waals surface area contributed by atoms with Crippen LogP contribution >= 0.6 is 0 Å². The van der Waals surface area contributed by atoms with Crippen LogP contribution in [0, 0.1) is 17.1 Å². The number of anilines is 1. The van der Waals surface area contributed by atoms with Crippen LogP contribution in [0.2, 0.25) is 0 Å². The van der Waals surface area contributed by atoms with Crippen molar-refractivity contribution in [3.63, 3.8) is 0 Å². The van der Waals surface area contributed by atoms with Crippen molar-refractivity contribution in [2.24, 2.45) is 0 Å². The monoisotopic (exact) mass is 449 g/mol. The number of fused-ring (bicyclic) bond motifs is 2. The zero-order valence-corrected chi connectivity index (χ0v) is 17.6. The van der Waals surface area contributed by atoms with Gasteiger partial charge in [-0.2, -0.15) is 15.5 Å². The molecule has 0 aliphatic carbocycles. The zero-order valence-electron chi connectivity index (χ0n) is 17.6. The molecule has 0 spiro atoms. The van der Waals surface area contributed by atoms with E-state index in [9.17, 15) is 0 Å². The van der Waals surface area contributed by atoms with E-state index in [2.05, 4.69) is 31.7 Å². The number of hydrogen-bond donors (Lipinski definition) is 2. The molecule has 6 aromatic rings. The molecule has 0 aliphatic heterocycles. The van der Waals surface area contributed by atoms with E-state index in [4.69, 9.17) is 11.0 Å². The van der Waals surface area contributed by atoms with Crippen molar-refractivity contribution in [3.8, 4) is 23.0 Å². The van der Waals surface area contributed by atoms with Crippen LogP contribution in [0.5, 0.6) is 0 Å². The number of nitriles is 1. The number of nitrogen functional groups attached to an aromatic ring is 1. The summed E-state index contributed by atoms with van der Waals surface area (Å²) in [5.74, 6) is -0.0643. The lowest BCUT2D eigenvalue weighted by Crippen LogP contribution is -2.04. The Bertz CT molecular complexity index is 1720. The fraction of sp³-hybridized carbons (Fsp3) is 0.0417. The van der Waals surface area contributed by atoms with Gasteiger partial charge in [0.2, 0.25) is 0 Å². The Balaban J connectivity index is 1.43. The van der Waals surface area contributed by atoms with Gasteiger partial charge in [-0.15, -0.1) is 5.10 Å². The molecule has 6 rings (SSSR count). The SMILES string of the molecule is N#Cc1ccc(Cn2nccc2-c2cc(F)c3nnn(-c4ccc5c(N)n[nH]c5c4)c3c2)cc1. The summed E-state index contributed by atoms with van der Waals surface area (Å²) >= 11 is 0. The predicted molar refractivity (Wildman–Crippen MR) is 124 cm³/mol. The molecule has 0 bridgehead atoms. The number of aromatic amines is 1. The second-order valence-electron chi connectivity index (χ2n) is 7.85. The topological polar surface area (TPSA) is 127 Å². The van der Waals surface area contributed by atoms with Gasteiger partial charge in [-0.05, 0) is 54.1 Å². The van der Waals surface area contributed by atoms with E-state index in [1.165, 1.54) is 6.07 Å². The third-order valence-corrected chi connectivity index (χ3v) is 5.75. The van der Waals surface area contributed by atoms with E-state index in [0.717, 1.165) is 22.2 Å². The second-order valence-corrected chi connectivity index (χ2v) is 7.85. The van der Waals surface area contributed by atoms with Gasteiger partial charge in [-0.1, -0.05) is 17.3 Å². The summed E-state index contributed by atoms with van der Waals surface area (Å²) in [6.45, 7) is 0.475. The first-order valence-electron chi connectivity index (χ1n) is 10.4. The molecule has 164 valence electrons. The van der Waals surface area contributed by atoms with E-state index < -0.39 is 5.82 Å². The summed E-state index contributed by atoms with van der Waals surface area (Å²) in [6, 6.07) is 20.0. The highest BCUT2D eigenvalue weighted by molar-refractivity contribution is 5.90. The summed E-state index contributed by atoms with van der Waals surface area (Å²) in [5, 5.41) is 29.3. The van der Waals surface area contributed by atoms with Crippen LogP contribution in [0.3, 0.4) is 0 Å². The molecule has 0 unspecified atom stereocenters. The molecule has 9 nitrogen and oxygen atoms in total. The van der Waals surface area contributed by atoms with Crippen LogP contribution in [0.15, 0.2) is 66.9 Å². The fourth-order valence-corrected chi connectivity index (χ4v) is 4.04. The molecule has 3 aromatic heterocycles. The number of nitrogens with zero attached hydrogens (tertiary/aromatic N) is 7. The third kappa shape index (κ3) is 3.15. The third-order valence-electron chi connectivity index (χ3n) is 5.75. The first-order valence-corrected chi connectivity index (χ1v) is 10.4. The molecule has 10 heteroatoms. The van der Waals surface area contributed by atoms with Gasteiger partial charge < -0.3 is 5.73 Å². The van der Waals surface area contributed by atoms with Crippen LogP contribution in [0.25, 0.3) is 38.9 Å². The molecule has 3 heterocycles. The van der Waals surface area contributed by atoms with Gasteiger partial charge in [-0.25, -0.2) is 9.07 Å². The van der Waals surface area contributed by atoms with Gasteiger partial charge in [0, 0.05) is 17.1 Å². The van der Waals surface area contributed by atoms with E-state index in [1.807, 2.05) is 42.5 Å². The molecule has 0 saturated heterocycles. The van der Waals surface area contributed by atoms with Crippen molar-refractivity contribution in [1.29, 1.82) is 5.26 Å². The number of benzene rings is 3. The zero-order chi connectivity index (χ0) is 23.2. The number of nitrogens with two attached hydrogens (primary N) is 1. The minimum Gasteiger partial charge on any atom is -0.382 e. The summed E-state index contributed by atoms with van der Waals surface area (Å²) in [6.07, 6.45) is 1.67. The summed E-state index contributed by atoms with van der Waals surface area (Å²) in [4.78, 5) is 0. The Kier molecular flexibility index (Phi) is 4.35. The Hall–Kier alpha value is -5.04. The van der Waals surface area contributed by atoms with Gasteiger partial charge in [0.15, 0.2) is 11.6 Å². The van der Waals surface area contributed by atoms with E-state index in [1.54, 1.807) is 27.7 Å². The van der Waals surface area contributed by atoms with Crippen molar-refractivity contribution in [3.05, 3.63) is 83.8 Å². The average molecular weight is 449 g/mol. The summed E-state index contributed by atoms with van der Waals surface area (Å²) in [5.41, 5.74) is 11.0. The van der Waals surface area contributed by atoms with Gasteiger partial charge in [0.1, 0.15) is 5.52 Å². The molecular formula is C24H16FN9. The highest BCUT2D eigenvalue weighted by Crippen LogP contribution is 2.29. The number of rotatable bonds is 4. The standard InChI is InChI=1S/C24H16FN9/c25-19-9-16(21-7-8-28-33(21)13-15-3-1-14(12-26)2-4-15)10-22-23(19)30-32-34(22)17-5-6-18-20(11-17)29-31-24(18)27/h1-11H,13H2,(H3,27,29,31). The molecule has 0 fully saturated rings. The maximum atomic E-state index is 15.1. The smallest absolute Gasteiger partial charge is 0.153 e. The number of halogens is 1. The van der Waals surface area contributed by atoms with E-state index in [-0.39, 0.29) is 5.52 Å². The molecule has 0 saturated carbocycles. The van der Waals surface area contributed by atoms with Crippen LogP contribution in [-0.2, 0) is 6.54 Å². The molecule has 3 aromatic carbocycles. The molecular weight excluding hydrogens is 433 g/mol. The molecule has 3 N–H and O–H groups in total. The van der Waals surface area contributed by atoms with E-state index in [0.29, 0.717) is 34.7 Å². The number of hydrogen-bond acceptors (Lipinski definition) is 6. The van der Waals surface area contributed by atoms with Crippen molar-refractivity contribution in [2.45, 2.75) is 6.54 Å². The minimum atomic E-state index is -0.475. The number of aromatic nitrogens is 7. The lowest BCUT2D eigenvalue weighted by Gasteiger charge is -2.09. The maximum Gasteiger partial charge on any atom is 0.153 e. The van der Waals surface area contributed by atoms with Crippen molar-refractivity contribution in [2.75, 3.05) is 5.73 Å². The second kappa shape index (κ2) is 7.53.